The lowest BCUT2D eigenvalue weighted by atomic mass is 9.82. The Hall–Kier alpha value is -0.565. The molecule has 1 aliphatic rings. The first-order valence-corrected chi connectivity index (χ1v) is 3.67. The molecule has 0 aromatic rings. The molecule has 1 saturated heterocycles. The van der Waals surface area contributed by atoms with E-state index in [0.29, 0.717) is 0 Å². The highest BCUT2D eigenvalue weighted by Crippen LogP contribution is 2.32. The Balaban J connectivity index is 2.85. The Morgan fingerprint density at radius 2 is 2.33 bits per heavy atom. The van der Waals surface area contributed by atoms with Crippen molar-refractivity contribution in [3.63, 3.8) is 0 Å². The molecule has 0 aromatic carbocycles. The van der Waals surface area contributed by atoms with Crippen LogP contribution in [0.25, 0.3) is 0 Å². The summed E-state index contributed by atoms with van der Waals surface area (Å²) in [5.41, 5.74) is -2.17. The summed E-state index contributed by atoms with van der Waals surface area (Å²) in [6, 6.07) is -0.880. The van der Waals surface area contributed by atoms with Gasteiger partial charge in [0.15, 0.2) is 0 Å². The predicted octanol–water partition coefficient (Wildman–Crippen LogP) is -1.96. The van der Waals surface area contributed by atoms with Crippen LogP contribution in [0.5, 0.6) is 0 Å². The summed E-state index contributed by atoms with van der Waals surface area (Å²) < 4.78 is 18.5. The van der Waals surface area contributed by atoms with Crippen molar-refractivity contribution in [1.82, 2.24) is 0 Å². The quantitative estimate of drug-likeness (QED) is 0.356. The Morgan fingerprint density at radius 1 is 1.75 bits per heavy atom. The molecule has 1 fully saturated rings. The average Bonchev–Trinajstić information content (AvgIpc) is 2.30. The highest BCUT2D eigenvalue weighted by Gasteiger charge is 2.53. The minimum absolute atomic E-state index is 0.432. The lowest BCUT2D eigenvalue weighted by Crippen LogP contribution is -2.43. The standard InChI is InChI=1S/C7H10BFO3/c1-2-7(9)5(11)4(3-10)12-6(7)8/h1,4-6,10-11H,3,8H2/t4-,5-,6-,7-/m1/s1. The zero-order valence-electron chi connectivity index (χ0n) is 6.70. The number of halogens is 1. The van der Waals surface area contributed by atoms with E-state index in [0.717, 1.165) is 0 Å². The first-order valence-electron chi connectivity index (χ1n) is 3.67. The number of alkyl halides is 1. The first-order chi connectivity index (χ1) is 5.56. The van der Waals surface area contributed by atoms with E-state index >= 15 is 0 Å². The lowest BCUT2D eigenvalue weighted by Gasteiger charge is -2.19. The van der Waals surface area contributed by atoms with Crippen LogP contribution in [0.2, 0.25) is 0 Å². The molecule has 0 amide bonds. The number of hydrogen-bond acceptors (Lipinski definition) is 3. The SMILES string of the molecule is B[C@@H]1O[C@H](CO)[C@@H](O)[C@]1(F)C#C. The molecule has 0 bridgehead atoms. The molecular formula is C7H10BFO3. The van der Waals surface area contributed by atoms with Crippen molar-refractivity contribution >= 4 is 7.85 Å². The first kappa shape index (κ1) is 9.52. The van der Waals surface area contributed by atoms with Crippen LogP contribution in [0, 0.1) is 12.3 Å². The van der Waals surface area contributed by atoms with Crippen LogP contribution in [0.15, 0.2) is 0 Å². The second-order valence-corrected chi connectivity index (χ2v) is 2.86. The van der Waals surface area contributed by atoms with Gasteiger partial charge in [0.25, 0.3) is 0 Å². The smallest absolute Gasteiger partial charge is 0.216 e. The summed E-state index contributed by atoms with van der Waals surface area (Å²) in [4.78, 5) is 0. The molecule has 3 nitrogen and oxygen atoms in total. The van der Waals surface area contributed by atoms with Gasteiger partial charge in [0.2, 0.25) is 5.67 Å². The normalized spacial score (nSPS) is 47.3. The van der Waals surface area contributed by atoms with Crippen LogP contribution in [0.4, 0.5) is 4.39 Å². The van der Waals surface area contributed by atoms with Crippen LogP contribution in [0.1, 0.15) is 0 Å². The van der Waals surface area contributed by atoms with Crippen LogP contribution in [0.3, 0.4) is 0 Å². The highest BCUT2D eigenvalue weighted by atomic mass is 19.1. The molecule has 4 atom stereocenters. The van der Waals surface area contributed by atoms with E-state index in [9.17, 15) is 9.50 Å². The Bertz CT molecular complexity index is 217. The van der Waals surface area contributed by atoms with Gasteiger partial charge in [0.05, 0.1) is 12.6 Å². The van der Waals surface area contributed by atoms with Gasteiger partial charge in [-0.1, -0.05) is 5.92 Å². The fourth-order valence-electron chi connectivity index (χ4n) is 1.29. The van der Waals surface area contributed by atoms with E-state index in [4.69, 9.17) is 16.3 Å². The maximum atomic E-state index is 13.5. The molecule has 1 aliphatic heterocycles. The van der Waals surface area contributed by atoms with Crippen LogP contribution < -0.4 is 0 Å². The van der Waals surface area contributed by atoms with Gasteiger partial charge in [-0.15, -0.1) is 6.42 Å². The molecule has 66 valence electrons. The Kier molecular flexibility index (Phi) is 2.42. The molecule has 12 heavy (non-hydrogen) atoms. The van der Waals surface area contributed by atoms with Crippen LogP contribution >= 0.6 is 0 Å². The van der Waals surface area contributed by atoms with E-state index in [1.165, 1.54) is 7.85 Å². The summed E-state index contributed by atoms with van der Waals surface area (Å²) in [6.45, 7) is -0.432. The third kappa shape index (κ3) is 1.12. The van der Waals surface area contributed by atoms with E-state index in [2.05, 4.69) is 0 Å². The monoisotopic (exact) mass is 172 g/mol. The molecule has 2 N–H and O–H groups in total. The molecule has 0 aromatic heterocycles. The number of hydrogen-bond donors (Lipinski definition) is 2. The largest absolute Gasteiger partial charge is 0.394 e. The molecule has 5 heteroatoms. The Morgan fingerprint density at radius 3 is 2.58 bits per heavy atom. The molecule has 0 spiro atoms. The third-order valence-electron chi connectivity index (χ3n) is 2.15. The van der Waals surface area contributed by atoms with Gasteiger partial charge < -0.3 is 14.9 Å². The second kappa shape index (κ2) is 3.06. The van der Waals surface area contributed by atoms with Gasteiger partial charge in [-0.3, -0.25) is 0 Å². The number of rotatable bonds is 1. The summed E-state index contributed by atoms with van der Waals surface area (Å²) >= 11 is 0. The second-order valence-electron chi connectivity index (χ2n) is 2.86. The van der Waals surface area contributed by atoms with E-state index in [1.54, 1.807) is 0 Å². The molecule has 0 unspecified atom stereocenters. The van der Waals surface area contributed by atoms with Crippen molar-refractivity contribution in [2.24, 2.45) is 0 Å². The fourth-order valence-corrected chi connectivity index (χ4v) is 1.29. The van der Waals surface area contributed by atoms with Gasteiger partial charge in [0, 0.05) is 0 Å². The van der Waals surface area contributed by atoms with E-state index in [1.807, 2.05) is 5.92 Å². The summed E-state index contributed by atoms with van der Waals surface area (Å²) in [6.07, 6.45) is 2.56. The third-order valence-corrected chi connectivity index (χ3v) is 2.15. The summed E-state index contributed by atoms with van der Waals surface area (Å²) in [5, 5.41) is 17.9. The zero-order valence-corrected chi connectivity index (χ0v) is 6.70. The van der Waals surface area contributed by atoms with Gasteiger partial charge in [-0.2, -0.15) is 0 Å². The van der Waals surface area contributed by atoms with Gasteiger partial charge >= 0.3 is 0 Å². The van der Waals surface area contributed by atoms with Gasteiger partial charge in [0.1, 0.15) is 20.1 Å². The summed E-state index contributed by atoms with van der Waals surface area (Å²) in [7, 11) is 1.43. The van der Waals surface area contributed by atoms with Crippen molar-refractivity contribution in [2.75, 3.05) is 6.61 Å². The van der Waals surface area contributed by atoms with Crippen molar-refractivity contribution in [2.45, 2.75) is 23.9 Å². The molecule has 1 heterocycles. The van der Waals surface area contributed by atoms with Crippen molar-refractivity contribution in [3.05, 3.63) is 0 Å². The number of ether oxygens (including phenoxy) is 1. The zero-order chi connectivity index (χ0) is 9.35. The molecule has 0 aliphatic carbocycles. The van der Waals surface area contributed by atoms with Crippen molar-refractivity contribution in [3.8, 4) is 12.3 Å². The van der Waals surface area contributed by atoms with Gasteiger partial charge in [-0.25, -0.2) is 4.39 Å². The minimum atomic E-state index is -2.17. The number of aliphatic hydroxyl groups is 2. The average molecular weight is 172 g/mol. The maximum absolute atomic E-state index is 13.5. The predicted molar refractivity (Wildman–Crippen MR) is 43.0 cm³/mol. The topological polar surface area (TPSA) is 49.7 Å². The molecule has 0 radical (unpaired) electrons. The van der Waals surface area contributed by atoms with E-state index < -0.39 is 30.5 Å². The summed E-state index contributed by atoms with van der Waals surface area (Å²) in [5.74, 6) is 1.85. The van der Waals surface area contributed by atoms with Gasteiger partial charge in [-0.05, 0) is 0 Å². The maximum Gasteiger partial charge on any atom is 0.216 e. The minimum Gasteiger partial charge on any atom is -0.394 e. The Labute approximate surface area is 70.9 Å². The fraction of sp³-hybridized carbons (Fsp3) is 0.714. The van der Waals surface area contributed by atoms with Crippen LogP contribution in [-0.2, 0) is 4.74 Å². The molecular weight excluding hydrogens is 162 g/mol. The highest BCUT2D eigenvalue weighted by molar-refractivity contribution is 6.12. The number of terminal acetylenes is 1. The van der Waals surface area contributed by atoms with Crippen molar-refractivity contribution in [1.29, 1.82) is 0 Å². The lowest BCUT2D eigenvalue weighted by molar-refractivity contribution is -0.00797. The van der Waals surface area contributed by atoms with Crippen molar-refractivity contribution < 1.29 is 19.3 Å². The van der Waals surface area contributed by atoms with E-state index in [-0.39, 0.29) is 0 Å². The molecule has 0 saturated carbocycles. The van der Waals surface area contributed by atoms with Crippen LogP contribution in [-0.4, -0.2) is 48.5 Å². The number of aliphatic hydroxyl groups excluding tert-OH is 2. The molecule has 1 rings (SSSR count).